The van der Waals surface area contributed by atoms with Gasteiger partial charge < -0.3 is 25.2 Å². The van der Waals surface area contributed by atoms with E-state index in [2.05, 4.69) is 44.8 Å². The maximum atomic E-state index is 13.9. The van der Waals surface area contributed by atoms with Gasteiger partial charge in [0, 0.05) is 45.1 Å². The van der Waals surface area contributed by atoms with Crippen LogP contribution in [-0.4, -0.2) is 77.0 Å². The third kappa shape index (κ3) is 8.23. The molecule has 9 heteroatoms. The number of likely N-dealkylation sites (tertiary alicyclic amines) is 1. The molecule has 1 spiro atoms. The van der Waals surface area contributed by atoms with Crippen molar-refractivity contribution in [2.45, 2.75) is 63.1 Å². The van der Waals surface area contributed by atoms with E-state index in [-0.39, 0.29) is 18.4 Å². The quantitative estimate of drug-likeness (QED) is 0.287. The summed E-state index contributed by atoms with van der Waals surface area (Å²) in [6, 6.07) is 23.3. The van der Waals surface area contributed by atoms with Crippen LogP contribution < -0.4 is 10.6 Å². The first-order valence-corrected chi connectivity index (χ1v) is 15.8. The number of pyridine rings is 1. The third-order valence-corrected chi connectivity index (χ3v) is 8.83. The Morgan fingerprint density at radius 1 is 0.864 bits per heavy atom. The predicted molar refractivity (Wildman–Crippen MR) is 169 cm³/mol. The molecule has 3 amide bonds. The van der Waals surface area contributed by atoms with Crippen molar-refractivity contribution in [2.24, 2.45) is 0 Å². The largest absolute Gasteiger partial charge is 0.445 e. The molecule has 1 atom stereocenters. The molecule has 2 aliphatic heterocycles. The van der Waals surface area contributed by atoms with Gasteiger partial charge in [0.2, 0.25) is 11.8 Å². The molecule has 1 aromatic heterocycles. The van der Waals surface area contributed by atoms with Crippen molar-refractivity contribution in [1.29, 1.82) is 0 Å². The lowest BCUT2D eigenvalue weighted by Gasteiger charge is -2.51. The highest BCUT2D eigenvalue weighted by Crippen LogP contribution is 2.34. The van der Waals surface area contributed by atoms with Crippen molar-refractivity contribution < 1.29 is 19.1 Å². The molecule has 5 rings (SSSR count). The van der Waals surface area contributed by atoms with E-state index in [1.54, 1.807) is 12.4 Å². The number of aromatic nitrogens is 1. The number of unbranched alkanes of at least 4 members (excludes halogenated alkanes) is 1. The van der Waals surface area contributed by atoms with Gasteiger partial charge in [0.15, 0.2) is 0 Å². The van der Waals surface area contributed by atoms with Crippen LogP contribution in [-0.2, 0) is 33.8 Å². The Hall–Kier alpha value is -4.24. The van der Waals surface area contributed by atoms with Crippen LogP contribution in [0.5, 0.6) is 0 Å². The zero-order valence-corrected chi connectivity index (χ0v) is 25.3. The summed E-state index contributed by atoms with van der Waals surface area (Å²) in [6.45, 7) is 3.63. The minimum absolute atomic E-state index is 0.00776. The molecule has 232 valence electrons. The summed E-state index contributed by atoms with van der Waals surface area (Å²) in [5.74, 6) is -0.0474. The summed E-state index contributed by atoms with van der Waals surface area (Å²) < 4.78 is 5.27. The molecule has 3 aromatic rings. The van der Waals surface area contributed by atoms with Gasteiger partial charge in [0.1, 0.15) is 18.2 Å². The number of rotatable bonds is 13. The third-order valence-electron chi connectivity index (χ3n) is 8.83. The number of amides is 3. The lowest BCUT2D eigenvalue weighted by Crippen LogP contribution is -2.73. The lowest BCUT2D eigenvalue weighted by atomic mass is 9.81. The Balaban J connectivity index is 1.13. The van der Waals surface area contributed by atoms with Gasteiger partial charge >= 0.3 is 6.09 Å². The fourth-order valence-electron chi connectivity index (χ4n) is 6.20. The fourth-order valence-corrected chi connectivity index (χ4v) is 6.20. The topological polar surface area (TPSA) is 104 Å². The monoisotopic (exact) mass is 597 g/mol. The van der Waals surface area contributed by atoms with Gasteiger partial charge in [-0.3, -0.25) is 14.6 Å². The summed E-state index contributed by atoms with van der Waals surface area (Å²) in [7, 11) is 0. The van der Waals surface area contributed by atoms with E-state index in [4.69, 9.17) is 4.74 Å². The molecule has 44 heavy (non-hydrogen) atoms. The normalized spacial score (nSPS) is 18.2. The molecule has 2 fully saturated rings. The lowest BCUT2D eigenvalue weighted by molar-refractivity contribution is -0.161. The van der Waals surface area contributed by atoms with Crippen LogP contribution in [0.2, 0.25) is 0 Å². The van der Waals surface area contributed by atoms with Crippen molar-refractivity contribution in [3.8, 4) is 0 Å². The summed E-state index contributed by atoms with van der Waals surface area (Å²) >= 11 is 0. The number of carbonyl (C=O) groups excluding carboxylic acids is 3. The SMILES string of the molecule is O=C(NCCCC[C@@H]1NC(=O)C2(CCN(CCc3ccccc3)CC2)N(CCc2ccncc2)C1=O)OCc1ccccc1. The van der Waals surface area contributed by atoms with Crippen molar-refractivity contribution in [1.82, 2.24) is 25.4 Å². The van der Waals surface area contributed by atoms with Crippen molar-refractivity contribution in [3.05, 3.63) is 102 Å². The van der Waals surface area contributed by atoms with Gasteiger partial charge in [-0.25, -0.2) is 4.79 Å². The number of hydrogen-bond acceptors (Lipinski definition) is 6. The average molecular weight is 598 g/mol. The highest BCUT2D eigenvalue weighted by Gasteiger charge is 2.53. The van der Waals surface area contributed by atoms with Crippen molar-refractivity contribution in [2.75, 3.05) is 32.7 Å². The Morgan fingerprint density at radius 2 is 1.50 bits per heavy atom. The Bertz CT molecular complexity index is 1350. The predicted octanol–water partition coefficient (Wildman–Crippen LogP) is 4.13. The van der Waals surface area contributed by atoms with Crippen LogP contribution in [0, 0.1) is 0 Å². The first kappa shape index (κ1) is 31.2. The zero-order valence-electron chi connectivity index (χ0n) is 25.3. The molecule has 2 N–H and O–H groups in total. The van der Waals surface area contributed by atoms with Crippen LogP contribution >= 0.6 is 0 Å². The van der Waals surface area contributed by atoms with E-state index < -0.39 is 17.7 Å². The molecular formula is C35H43N5O4. The molecule has 0 aliphatic carbocycles. The van der Waals surface area contributed by atoms with E-state index in [0.717, 1.165) is 37.2 Å². The van der Waals surface area contributed by atoms with Crippen molar-refractivity contribution in [3.63, 3.8) is 0 Å². The van der Waals surface area contributed by atoms with Crippen LogP contribution in [0.4, 0.5) is 4.79 Å². The number of piperidine rings is 1. The zero-order chi connectivity index (χ0) is 30.6. The molecule has 2 aromatic carbocycles. The highest BCUT2D eigenvalue weighted by molar-refractivity contribution is 6.00. The van der Waals surface area contributed by atoms with E-state index in [1.807, 2.05) is 53.4 Å². The van der Waals surface area contributed by atoms with Gasteiger partial charge in [-0.05, 0) is 73.8 Å². The van der Waals surface area contributed by atoms with Crippen LogP contribution in [0.3, 0.4) is 0 Å². The van der Waals surface area contributed by atoms with Gasteiger partial charge in [-0.2, -0.15) is 0 Å². The van der Waals surface area contributed by atoms with Crippen LogP contribution in [0.25, 0.3) is 0 Å². The van der Waals surface area contributed by atoms with Gasteiger partial charge in [-0.1, -0.05) is 60.7 Å². The van der Waals surface area contributed by atoms with Gasteiger partial charge in [-0.15, -0.1) is 0 Å². The molecule has 3 heterocycles. The minimum atomic E-state index is -0.825. The van der Waals surface area contributed by atoms with Gasteiger partial charge in [0.25, 0.3) is 0 Å². The summed E-state index contributed by atoms with van der Waals surface area (Å²) in [6.07, 6.45) is 7.83. The average Bonchev–Trinajstić information content (AvgIpc) is 3.07. The number of piperazine rings is 1. The summed E-state index contributed by atoms with van der Waals surface area (Å²) in [5.41, 5.74) is 2.50. The first-order valence-electron chi connectivity index (χ1n) is 15.8. The molecule has 2 aliphatic rings. The second kappa shape index (κ2) is 15.5. The van der Waals surface area contributed by atoms with E-state index in [9.17, 15) is 14.4 Å². The second-order valence-corrected chi connectivity index (χ2v) is 11.7. The Kier molecular flexibility index (Phi) is 11.0. The number of ether oxygens (including phenoxy) is 1. The van der Waals surface area contributed by atoms with Crippen LogP contribution in [0.15, 0.2) is 85.2 Å². The second-order valence-electron chi connectivity index (χ2n) is 11.7. The fraction of sp³-hybridized carbons (Fsp3) is 0.429. The van der Waals surface area contributed by atoms with Gasteiger partial charge in [0.05, 0.1) is 0 Å². The number of hydrogen-bond donors (Lipinski definition) is 2. The number of nitrogens with one attached hydrogen (secondary N) is 2. The number of alkyl carbamates (subject to hydrolysis) is 1. The van der Waals surface area contributed by atoms with E-state index >= 15 is 0 Å². The highest BCUT2D eigenvalue weighted by atomic mass is 16.5. The smallest absolute Gasteiger partial charge is 0.407 e. The Morgan fingerprint density at radius 3 is 2.20 bits per heavy atom. The molecule has 0 bridgehead atoms. The molecule has 0 radical (unpaired) electrons. The molecule has 0 unspecified atom stereocenters. The number of nitrogens with zero attached hydrogens (tertiary/aromatic N) is 3. The number of benzene rings is 2. The van der Waals surface area contributed by atoms with Crippen LogP contribution in [0.1, 0.15) is 48.8 Å². The van der Waals surface area contributed by atoms with Crippen molar-refractivity contribution >= 4 is 17.9 Å². The number of carbonyl (C=O) groups is 3. The standard InChI is InChI=1S/C35H43N5O4/c41-32-31(13-7-8-20-37-34(43)44-27-30-11-5-2-6-12-30)38-33(42)35(40(32)24-17-29-14-21-36-22-15-29)18-25-39(26-19-35)23-16-28-9-3-1-4-10-28/h1-6,9-12,14-15,21-22,31H,7-8,13,16-20,23-27H2,(H,37,43)(H,38,42)/t31-/m0/s1. The summed E-state index contributed by atoms with van der Waals surface area (Å²) in [5, 5.41) is 5.87. The maximum absolute atomic E-state index is 13.9. The molecule has 9 nitrogen and oxygen atoms in total. The molecule has 0 saturated carbocycles. The molecular weight excluding hydrogens is 554 g/mol. The first-order chi connectivity index (χ1) is 21.5. The minimum Gasteiger partial charge on any atom is -0.445 e. The summed E-state index contributed by atoms with van der Waals surface area (Å²) in [4.78, 5) is 48.2. The van der Waals surface area contributed by atoms with E-state index in [0.29, 0.717) is 51.6 Å². The Labute approximate surface area is 260 Å². The van der Waals surface area contributed by atoms with E-state index in [1.165, 1.54) is 5.56 Å². The maximum Gasteiger partial charge on any atom is 0.407 e. The molecule has 2 saturated heterocycles.